The summed E-state index contributed by atoms with van der Waals surface area (Å²) in [6.07, 6.45) is 4.18. The first-order chi connectivity index (χ1) is 11.3. The molecule has 6 heteroatoms. The van der Waals surface area contributed by atoms with Crippen LogP contribution in [0.15, 0.2) is 54.2 Å². The van der Waals surface area contributed by atoms with Gasteiger partial charge in [0.25, 0.3) is 0 Å². The molecule has 0 saturated carbocycles. The minimum absolute atomic E-state index is 0.601. The van der Waals surface area contributed by atoms with E-state index in [9.17, 15) is 4.79 Å². The van der Waals surface area contributed by atoms with Gasteiger partial charge in [-0.2, -0.15) is 0 Å². The number of amides is 1. The number of anilines is 1. The zero-order valence-corrected chi connectivity index (χ0v) is 13.6. The Morgan fingerprint density at radius 1 is 1.17 bits per heavy atom. The molecule has 1 aromatic carbocycles. The summed E-state index contributed by atoms with van der Waals surface area (Å²) in [5, 5.41) is 5.09. The molecule has 0 atom stereocenters. The summed E-state index contributed by atoms with van der Waals surface area (Å²) in [5.41, 5.74) is 8.95. The maximum Gasteiger partial charge on any atom is 0.213 e. The number of nitrogens with one attached hydrogen (secondary N) is 1. The molecular formula is C17H18N4OS. The van der Waals surface area contributed by atoms with Crippen LogP contribution in [0.25, 0.3) is 22.4 Å². The maximum absolute atomic E-state index is 10.4. The highest BCUT2D eigenvalue weighted by molar-refractivity contribution is 7.14. The van der Waals surface area contributed by atoms with Crippen molar-refractivity contribution in [1.82, 2.24) is 9.97 Å². The molecule has 23 heavy (non-hydrogen) atoms. The minimum Gasteiger partial charge on any atom is -0.331 e. The largest absolute Gasteiger partial charge is 0.331 e. The van der Waals surface area contributed by atoms with Crippen LogP contribution in [-0.2, 0) is 4.79 Å². The Balaban J connectivity index is 0.000000595. The number of carbonyl (C=O) groups is 1. The summed E-state index contributed by atoms with van der Waals surface area (Å²) in [5.74, 6) is 0. The molecule has 3 N–H and O–H groups in total. The molecule has 0 bridgehead atoms. The molecule has 5 nitrogen and oxygen atoms in total. The van der Waals surface area contributed by atoms with Crippen LogP contribution in [0.3, 0.4) is 0 Å². The second-order valence-electron chi connectivity index (χ2n) is 4.53. The highest BCUT2D eigenvalue weighted by Gasteiger charge is 2.05. The molecule has 2 aromatic heterocycles. The van der Waals surface area contributed by atoms with E-state index in [4.69, 9.17) is 5.73 Å². The lowest BCUT2D eigenvalue weighted by atomic mass is 10.0. The number of nitrogens with two attached hydrogens (primary N) is 1. The Kier molecular flexibility index (Phi) is 6.40. The SMILES string of the molecule is CCN.O=CNc1nc(-c2cccc(-c3ccncc3)c2)cs1. The topological polar surface area (TPSA) is 80.9 Å². The van der Waals surface area contributed by atoms with E-state index in [0.717, 1.165) is 28.9 Å². The Bertz CT molecular complexity index is 743. The molecule has 0 unspecified atom stereocenters. The van der Waals surface area contributed by atoms with Crippen molar-refractivity contribution in [1.29, 1.82) is 0 Å². The molecule has 3 aromatic rings. The first-order valence-corrected chi connectivity index (χ1v) is 8.03. The summed E-state index contributed by atoms with van der Waals surface area (Å²) in [7, 11) is 0. The zero-order valence-electron chi connectivity index (χ0n) is 12.8. The normalized spacial score (nSPS) is 9.65. The molecule has 1 amide bonds. The average molecular weight is 326 g/mol. The van der Waals surface area contributed by atoms with E-state index in [2.05, 4.69) is 27.4 Å². The van der Waals surface area contributed by atoms with Gasteiger partial charge in [-0.05, 0) is 35.9 Å². The smallest absolute Gasteiger partial charge is 0.213 e. The number of nitrogens with zero attached hydrogens (tertiary/aromatic N) is 2. The Morgan fingerprint density at radius 2 is 1.87 bits per heavy atom. The first kappa shape index (κ1) is 16.8. The highest BCUT2D eigenvalue weighted by atomic mass is 32.1. The second kappa shape index (κ2) is 8.77. The van der Waals surface area contributed by atoms with Crippen LogP contribution < -0.4 is 11.1 Å². The van der Waals surface area contributed by atoms with Crippen molar-refractivity contribution in [2.75, 3.05) is 11.9 Å². The molecule has 0 aliphatic carbocycles. The van der Waals surface area contributed by atoms with E-state index in [0.29, 0.717) is 11.5 Å². The monoisotopic (exact) mass is 326 g/mol. The van der Waals surface area contributed by atoms with Crippen LogP contribution in [-0.4, -0.2) is 22.9 Å². The van der Waals surface area contributed by atoms with Gasteiger partial charge in [-0.15, -0.1) is 11.3 Å². The standard InChI is InChI=1S/C15H11N3OS.C2H7N/c19-10-17-15-18-14(9-20-15)13-3-1-2-12(8-13)11-4-6-16-7-5-11;1-2-3/h1-10H,(H,17,18,19);2-3H2,1H3. The Labute approximate surface area is 139 Å². The molecule has 0 radical (unpaired) electrons. The molecule has 0 fully saturated rings. The number of benzene rings is 1. The number of hydrogen-bond donors (Lipinski definition) is 2. The fourth-order valence-electron chi connectivity index (χ4n) is 1.93. The van der Waals surface area contributed by atoms with Crippen molar-refractivity contribution in [2.45, 2.75) is 6.92 Å². The summed E-state index contributed by atoms with van der Waals surface area (Å²) in [6, 6.07) is 12.1. The van der Waals surface area contributed by atoms with Crippen LogP contribution >= 0.6 is 11.3 Å². The summed E-state index contributed by atoms with van der Waals surface area (Å²) in [4.78, 5) is 18.8. The number of pyridine rings is 1. The van der Waals surface area contributed by atoms with Gasteiger partial charge >= 0.3 is 0 Å². The second-order valence-corrected chi connectivity index (χ2v) is 5.38. The lowest BCUT2D eigenvalue weighted by molar-refractivity contribution is -0.105. The quantitative estimate of drug-likeness (QED) is 0.720. The Hall–Kier alpha value is -2.57. The lowest BCUT2D eigenvalue weighted by Crippen LogP contribution is -1.92. The van der Waals surface area contributed by atoms with Gasteiger partial charge in [0, 0.05) is 23.3 Å². The van der Waals surface area contributed by atoms with E-state index in [1.807, 2.05) is 36.6 Å². The molecule has 2 heterocycles. The number of rotatable bonds is 4. The number of aromatic nitrogens is 2. The fourth-order valence-corrected chi connectivity index (χ4v) is 2.60. The van der Waals surface area contributed by atoms with E-state index in [1.165, 1.54) is 11.3 Å². The predicted molar refractivity (Wildman–Crippen MR) is 95.2 cm³/mol. The van der Waals surface area contributed by atoms with Crippen molar-refractivity contribution in [3.8, 4) is 22.4 Å². The van der Waals surface area contributed by atoms with Gasteiger partial charge in [0.2, 0.25) is 6.41 Å². The minimum atomic E-state index is 0.601. The van der Waals surface area contributed by atoms with Crippen molar-refractivity contribution >= 4 is 22.9 Å². The van der Waals surface area contributed by atoms with Gasteiger partial charge in [0.15, 0.2) is 5.13 Å². The molecule has 0 spiro atoms. The summed E-state index contributed by atoms with van der Waals surface area (Å²) in [6.45, 7) is 2.65. The van der Waals surface area contributed by atoms with Gasteiger partial charge in [-0.3, -0.25) is 9.78 Å². The highest BCUT2D eigenvalue weighted by Crippen LogP contribution is 2.28. The molecule has 0 aliphatic heterocycles. The van der Waals surface area contributed by atoms with Gasteiger partial charge < -0.3 is 11.1 Å². The number of carbonyl (C=O) groups excluding carboxylic acids is 1. The number of thiazole rings is 1. The van der Waals surface area contributed by atoms with Gasteiger partial charge in [-0.25, -0.2) is 4.98 Å². The van der Waals surface area contributed by atoms with Crippen molar-refractivity contribution < 1.29 is 4.79 Å². The lowest BCUT2D eigenvalue weighted by Gasteiger charge is -2.03. The molecule has 3 rings (SSSR count). The van der Waals surface area contributed by atoms with Crippen LogP contribution in [0.5, 0.6) is 0 Å². The third-order valence-electron chi connectivity index (χ3n) is 2.86. The molecular weight excluding hydrogens is 308 g/mol. The van der Waals surface area contributed by atoms with Crippen LogP contribution in [0.4, 0.5) is 5.13 Å². The van der Waals surface area contributed by atoms with Crippen LogP contribution in [0, 0.1) is 0 Å². The third-order valence-corrected chi connectivity index (χ3v) is 3.63. The molecule has 118 valence electrons. The van der Waals surface area contributed by atoms with Gasteiger partial charge in [0.05, 0.1) is 5.69 Å². The first-order valence-electron chi connectivity index (χ1n) is 7.15. The van der Waals surface area contributed by atoms with Crippen molar-refractivity contribution in [2.24, 2.45) is 5.73 Å². The van der Waals surface area contributed by atoms with Gasteiger partial charge in [-0.1, -0.05) is 25.1 Å². The number of hydrogen-bond acceptors (Lipinski definition) is 5. The van der Waals surface area contributed by atoms with E-state index in [1.54, 1.807) is 12.4 Å². The summed E-state index contributed by atoms with van der Waals surface area (Å²) >= 11 is 1.41. The van der Waals surface area contributed by atoms with Crippen molar-refractivity contribution in [3.05, 3.63) is 54.2 Å². The van der Waals surface area contributed by atoms with E-state index >= 15 is 0 Å². The molecule has 0 saturated heterocycles. The van der Waals surface area contributed by atoms with Crippen LogP contribution in [0.2, 0.25) is 0 Å². The average Bonchev–Trinajstić information content (AvgIpc) is 3.06. The fraction of sp³-hybridized carbons (Fsp3) is 0.118. The Morgan fingerprint density at radius 3 is 2.57 bits per heavy atom. The summed E-state index contributed by atoms with van der Waals surface area (Å²) < 4.78 is 0. The van der Waals surface area contributed by atoms with E-state index in [-0.39, 0.29) is 0 Å². The molecule has 0 aliphatic rings. The van der Waals surface area contributed by atoms with Crippen LogP contribution in [0.1, 0.15) is 6.92 Å². The predicted octanol–water partition coefficient (Wildman–Crippen LogP) is 3.41. The van der Waals surface area contributed by atoms with Gasteiger partial charge in [0.1, 0.15) is 0 Å². The maximum atomic E-state index is 10.4. The zero-order chi connectivity index (χ0) is 16.5. The third kappa shape index (κ3) is 4.70. The van der Waals surface area contributed by atoms with E-state index < -0.39 is 0 Å². The van der Waals surface area contributed by atoms with Crippen molar-refractivity contribution in [3.63, 3.8) is 0 Å².